The summed E-state index contributed by atoms with van der Waals surface area (Å²) < 4.78 is 1.82. The number of imidazole rings is 1. The first-order valence-electron chi connectivity index (χ1n) is 5.17. The minimum atomic E-state index is -0.0919. The van der Waals surface area contributed by atoms with Gasteiger partial charge in [0.2, 0.25) is 0 Å². The van der Waals surface area contributed by atoms with E-state index in [0.717, 1.165) is 12.8 Å². The lowest BCUT2D eigenvalue weighted by Gasteiger charge is -2.09. The molecule has 0 saturated heterocycles. The van der Waals surface area contributed by atoms with Gasteiger partial charge in [-0.25, -0.2) is 4.98 Å². The van der Waals surface area contributed by atoms with E-state index in [4.69, 9.17) is 5.73 Å². The topological polar surface area (TPSA) is 72.9 Å². The fourth-order valence-corrected chi connectivity index (χ4v) is 1.40. The summed E-state index contributed by atoms with van der Waals surface area (Å²) in [6.45, 7) is 3.29. The molecule has 0 aromatic carbocycles. The molecule has 82 valence electrons. The third-order valence-electron chi connectivity index (χ3n) is 2.67. The molecule has 5 nitrogen and oxygen atoms in total. The first kappa shape index (κ1) is 10.2. The molecule has 0 atom stereocenters. The number of rotatable bonds is 4. The monoisotopic (exact) mass is 208 g/mol. The number of amides is 1. The molecule has 3 N–H and O–H groups in total. The van der Waals surface area contributed by atoms with E-state index in [0.29, 0.717) is 18.8 Å². The molecular weight excluding hydrogens is 192 g/mol. The fourth-order valence-electron chi connectivity index (χ4n) is 1.40. The lowest BCUT2D eigenvalue weighted by Crippen LogP contribution is -2.34. The minimum Gasteiger partial charge on any atom is -0.345 e. The Morgan fingerprint density at radius 3 is 3.07 bits per heavy atom. The molecule has 1 amide bonds. The first-order valence-corrected chi connectivity index (χ1v) is 5.17. The molecule has 1 heterocycles. The molecule has 2 rings (SSSR count). The van der Waals surface area contributed by atoms with Crippen molar-refractivity contribution in [2.24, 2.45) is 5.73 Å². The normalized spacial score (nSPS) is 17.5. The first-order chi connectivity index (χ1) is 7.13. The average Bonchev–Trinajstić information content (AvgIpc) is 2.74. The predicted molar refractivity (Wildman–Crippen MR) is 56.4 cm³/mol. The maximum absolute atomic E-state index is 11.7. The second kappa shape index (κ2) is 3.66. The van der Waals surface area contributed by atoms with Gasteiger partial charge in [0.15, 0.2) is 0 Å². The average molecular weight is 208 g/mol. The number of nitrogens with one attached hydrogen (secondary N) is 1. The van der Waals surface area contributed by atoms with Gasteiger partial charge in [0, 0.05) is 24.8 Å². The largest absolute Gasteiger partial charge is 0.345 e. The summed E-state index contributed by atoms with van der Waals surface area (Å²) in [5.41, 5.74) is 5.89. The molecule has 15 heavy (non-hydrogen) atoms. The van der Waals surface area contributed by atoms with Gasteiger partial charge in [0.05, 0.1) is 6.33 Å². The lowest BCUT2D eigenvalue weighted by atomic mass is 10.3. The van der Waals surface area contributed by atoms with Crippen LogP contribution in [-0.4, -0.2) is 27.5 Å². The van der Waals surface area contributed by atoms with E-state index in [9.17, 15) is 4.79 Å². The van der Waals surface area contributed by atoms with Crippen molar-refractivity contribution in [3.8, 4) is 0 Å². The van der Waals surface area contributed by atoms with Crippen molar-refractivity contribution < 1.29 is 4.79 Å². The molecule has 0 bridgehead atoms. The van der Waals surface area contributed by atoms with Gasteiger partial charge >= 0.3 is 0 Å². The van der Waals surface area contributed by atoms with Crippen LogP contribution in [-0.2, 0) is 6.54 Å². The van der Waals surface area contributed by atoms with Crippen molar-refractivity contribution in [3.63, 3.8) is 0 Å². The SMILES string of the molecule is CC1(NC(=O)c2cn(CCN)cn2)CC1. The van der Waals surface area contributed by atoms with Gasteiger partial charge in [-0.3, -0.25) is 4.79 Å². The number of hydrogen-bond donors (Lipinski definition) is 2. The quantitative estimate of drug-likeness (QED) is 0.738. The summed E-state index contributed by atoms with van der Waals surface area (Å²) in [7, 11) is 0. The summed E-state index contributed by atoms with van der Waals surface area (Å²) in [5, 5.41) is 2.96. The standard InChI is InChI=1S/C10H16N4O/c1-10(2-3-10)13-9(15)8-6-14(5-4-11)7-12-8/h6-7H,2-5,11H2,1H3,(H,13,15). The van der Waals surface area contributed by atoms with Crippen molar-refractivity contribution >= 4 is 5.91 Å². The molecule has 0 radical (unpaired) electrons. The number of aromatic nitrogens is 2. The highest BCUT2D eigenvalue weighted by atomic mass is 16.2. The fraction of sp³-hybridized carbons (Fsp3) is 0.600. The summed E-state index contributed by atoms with van der Waals surface area (Å²) in [5.74, 6) is -0.0919. The summed E-state index contributed by atoms with van der Waals surface area (Å²) >= 11 is 0. The van der Waals surface area contributed by atoms with E-state index >= 15 is 0 Å². The zero-order valence-corrected chi connectivity index (χ0v) is 8.86. The van der Waals surface area contributed by atoms with Crippen molar-refractivity contribution in [1.82, 2.24) is 14.9 Å². The number of carbonyl (C=O) groups is 1. The third kappa shape index (κ3) is 2.36. The van der Waals surface area contributed by atoms with E-state index in [2.05, 4.69) is 10.3 Å². The Morgan fingerprint density at radius 1 is 1.73 bits per heavy atom. The van der Waals surface area contributed by atoms with Gasteiger partial charge in [-0.05, 0) is 19.8 Å². The van der Waals surface area contributed by atoms with Crippen molar-refractivity contribution in [1.29, 1.82) is 0 Å². The minimum absolute atomic E-state index is 0.00866. The number of hydrogen-bond acceptors (Lipinski definition) is 3. The summed E-state index contributed by atoms with van der Waals surface area (Å²) in [6.07, 6.45) is 5.48. The molecule has 5 heteroatoms. The highest BCUT2D eigenvalue weighted by Gasteiger charge is 2.39. The summed E-state index contributed by atoms with van der Waals surface area (Å²) in [4.78, 5) is 15.7. The van der Waals surface area contributed by atoms with Gasteiger partial charge in [-0.15, -0.1) is 0 Å². The van der Waals surface area contributed by atoms with Crippen LogP contribution in [0.5, 0.6) is 0 Å². The third-order valence-corrected chi connectivity index (χ3v) is 2.67. The number of nitrogens with zero attached hydrogens (tertiary/aromatic N) is 2. The van der Waals surface area contributed by atoms with Crippen LogP contribution in [0.1, 0.15) is 30.3 Å². The van der Waals surface area contributed by atoms with Crippen LogP contribution in [0.25, 0.3) is 0 Å². The Bertz CT molecular complexity index is 367. The van der Waals surface area contributed by atoms with Gasteiger partial charge in [0.25, 0.3) is 5.91 Å². The van der Waals surface area contributed by atoms with E-state index in [1.807, 2.05) is 11.5 Å². The molecule has 0 unspecified atom stereocenters. The van der Waals surface area contributed by atoms with Crippen LogP contribution in [0, 0.1) is 0 Å². The van der Waals surface area contributed by atoms with E-state index < -0.39 is 0 Å². The second-order valence-corrected chi connectivity index (χ2v) is 4.30. The van der Waals surface area contributed by atoms with E-state index in [-0.39, 0.29) is 11.4 Å². The number of carbonyl (C=O) groups excluding carboxylic acids is 1. The predicted octanol–water partition coefficient (Wildman–Crippen LogP) is 0.124. The Balaban J connectivity index is 1.98. The van der Waals surface area contributed by atoms with Crippen molar-refractivity contribution in [2.45, 2.75) is 31.8 Å². The van der Waals surface area contributed by atoms with Crippen LogP contribution in [0.15, 0.2) is 12.5 Å². The zero-order valence-electron chi connectivity index (χ0n) is 8.86. The Morgan fingerprint density at radius 2 is 2.47 bits per heavy atom. The van der Waals surface area contributed by atoms with Crippen LogP contribution in [0.3, 0.4) is 0 Å². The molecule has 1 fully saturated rings. The highest BCUT2D eigenvalue weighted by Crippen LogP contribution is 2.34. The molecule has 1 saturated carbocycles. The molecule has 0 spiro atoms. The highest BCUT2D eigenvalue weighted by molar-refractivity contribution is 5.92. The number of nitrogens with two attached hydrogens (primary N) is 1. The van der Waals surface area contributed by atoms with Gasteiger partial charge in [0.1, 0.15) is 5.69 Å². The van der Waals surface area contributed by atoms with Gasteiger partial charge < -0.3 is 15.6 Å². The molecule has 1 aromatic rings. The van der Waals surface area contributed by atoms with Crippen LogP contribution < -0.4 is 11.1 Å². The summed E-state index contributed by atoms with van der Waals surface area (Å²) in [6, 6.07) is 0. The van der Waals surface area contributed by atoms with E-state index in [1.165, 1.54) is 0 Å². The zero-order chi connectivity index (χ0) is 10.9. The smallest absolute Gasteiger partial charge is 0.271 e. The maximum atomic E-state index is 11.7. The van der Waals surface area contributed by atoms with Crippen molar-refractivity contribution in [2.75, 3.05) is 6.54 Å². The second-order valence-electron chi connectivity index (χ2n) is 4.30. The van der Waals surface area contributed by atoms with Gasteiger partial charge in [-0.1, -0.05) is 0 Å². The van der Waals surface area contributed by atoms with Crippen LogP contribution in [0.2, 0.25) is 0 Å². The van der Waals surface area contributed by atoms with E-state index in [1.54, 1.807) is 12.5 Å². The molecule has 1 aromatic heterocycles. The Labute approximate surface area is 88.7 Å². The molecule has 1 aliphatic carbocycles. The van der Waals surface area contributed by atoms with Crippen molar-refractivity contribution in [3.05, 3.63) is 18.2 Å². The van der Waals surface area contributed by atoms with Crippen LogP contribution >= 0.6 is 0 Å². The van der Waals surface area contributed by atoms with Gasteiger partial charge in [-0.2, -0.15) is 0 Å². The molecule has 0 aliphatic heterocycles. The lowest BCUT2D eigenvalue weighted by molar-refractivity contribution is 0.0931. The maximum Gasteiger partial charge on any atom is 0.271 e. The Hall–Kier alpha value is -1.36. The van der Waals surface area contributed by atoms with Crippen LogP contribution in [0.4, 0.5) is 0 Å². The Kier molecular flexibility index (Phi) is 2.48. The molecular formula is C10H16N4O. The molecule has 1 aliphatic rings.